The molecule has 4 heteroatoms. The lowest BCUT2D eigenvalue weighted by molar-refractivity contribution is 0.550. The number of rotatable bonds is 1. The molecule has 100 valence electrons. The molecular weight excluding hydrogens is 246 g/mol. The highest BCUT2D eigenvalue weighted by atomic mass is 32.2. The molecule has 1 aliphatic heterocycles. The van der Waals surface area contributed by atoms with Crippen molar-refractivity contribution >= 4 is 9.84 Å². The molecule has 1 aromatic carbocycles. The minimum atomic E-state index is -3.02. The maximum absolute atomic E-state index is 12.3. The molecule has 0 bridgehead atoms. The van der Waals surface area contributed by atoms with Crippen LogP contribution in [0.1, 0.15) is 33.1 Å². The molecule has 1 saturated heterocycles. The Morgan fingerprint density at radius 3 is 2.17 bits per heavy atom. The van der Waals surface area contributed by atoms with E-state index in [9.17, 15) is 8.42 Å². The Balaban J connectivity index is 2.64. The zero-order chi connectivity index (χ0) is 13.5. The number of hydrogen-bond acceptors (Lipinski definition) is 3. The molecule has 1 N–H and O–H groups in total. The Labute approximate surface area is 110 Å². The van der Waals surface area contributed by atoms with Crippen molar-refractivity contribution in [3.05, 3.63) is 33.9 Å². The Kier molecular flexibility index (Phi) is 3.52. The van der Waals surface area contributed by atoms with Gasteiger partial charge >= 0.3 is 0 Å². The van der Waals surface area contributed by atoms with Crippen molar-refractivity contribution in [1.82, 2.24) is 5.32 Å². The van der Waals surface area contributed by atoms with Gasteiger partial charge < -0.3 is 5.32 Å². The topological polar surface area (TPSA) is 46.2 Å². The van der Waals surface area contributed by atoms with Crippen LogP contribution in [0.3, 0.4) is 0 Å². The van der Waals surface area contributed by atoms with Crippen LogP contribution in [-0.2, 0) is 9.84 Å². The summed E-state index contributed by atoms with van der Waals surface area (Å²) in [4.78, 5) is 0. The molecule has 2 rings (SSSR count). The van der Waals surface area contributed by atoms with Crippen LogP contribution in [0, 0.1) is 27.7 Å². The lowest BCUT2D eigenvalue weighted by atomic mass is 9.92. The van der Waals surface area contributed by atoms with Crippen molar-refractivity contribution in [2.75, 3.05) is 18.8 Å². The predicted molar refractivity (Wildman–Crippen MR) is 74.8 cm³/mol. The summed E-state index contributed by atoms with van der Waals surface area (Å²) in [7, 11) is -3.02. The van der Waals surface area contributed by atoms with Gasteiger partial charge in [-0.1, -0.05) is 6.07 Å². The maximum atomic E-state index is 12.3. The Hall–Kier alpha value is -0.870. The van der Waals surface area contributed by atoms with E-state index in [1.54, 1.807) is 0 Å². The minimum absolute atomic E-state index is 0.240. The number of nitrogens with one attached hydrogen (secondary N) is 1. The summed E-state index contributed by atoms with van der Waals surface area (Å²) in [5.41, 5.74) is 5.60. The van der Waals surface area contributed by atoms with Crippen molar-refractivity contribution in [3.63, 3.8) is 0 Å². The van der Waals surface area contributed by atoms with E-state index in [1.807, 2.05) is 27.7 Å². The maximum Gasteiger partial charge on any atom is 0.159 e. The summed E-state index contributed by atoms with van der Waals surface area (Å²) < 4.78 is 24.5. The molecule has 1 fully saturated rings. The minimum Gasteiger partial charge on any atom is -0.314 e. The molecule has 0 aliphatic carbocycles. The number of aryl methyl sites for hydroxylation is 2. The van der Waals surface area contributed by atoms with Crippen LogP contribution in [0.2, 0.25) is 0 Å². The van der Waals surface area contributed by atoms with E-state index in [2.05, 4.69) is 11.4 Å². The van der Waals surface area contributed by atoms with Gasteiger partial charge in [0, 0.05) is 13.1 Å². The largest absolute Gasteiger partial charge is 0.314 e. The second-order valence-corrected chi connectivity index (χ2v) is 7.54. The van der Waals surface area contributed by atoms with E-state index in [4.69, 9.17) is 0 Å². The molecule has 1 aromatic rings. The first-order chi connectivity index (χ1) is 8.34. The van der Waals surface area contributed by atoms with Crippen molar-refractivity contribution in [3.8, 4) is 0 Å². The monoisotopic (exact) mass is 267 g/mol. The highest BCUT2D eigenvalue weighted by molar-refractivity contribution is 7.91. The molecule has 1 unspecified atom stereocenters. The molecular formula is C14H21NO2S. The quantitative estimate of drug-likeness (QED) is 0.846. The van der Waals surface area contributed by atoms with E-state index in [-0.39, 0.29) is 11.0 Å². The van der Waals surface area contributed by atoms with Gasteiger partial charge in [-0.15, -0.1) is 0 Å². The van der Waals surface area contributed by atoms with Crippen LogP contribution >= 0.6 is 0 Å². The lowest BCUT2D eigenvalue weighted by Gasteiger charge is -2.27. The Bertz CT molecular complexity index is 550. The SMILES string of the molecule is Cc1cc(C)c(C)c(C2CNCCS2(=O)=O)c1C. The Morgan fingerprint density at radius 1 is 1.11 bits per heavy atom. The number of sulfone groups is 1. The number of hydrogen-bond donors (Lipinski definition) is 1. The summed E-state index contributed by atoms with van der Waals surface area (Å²) in [6.07, 6.45) is 0. The van der Waals surface area contributed by atoms with E-state index in [1.165, 1.54) is 11.1 Å². The van der Waals surface area contributed by atoms with Gasteiger partial charge in [0.25, 0.3) is 0 Å². The standard InChI is InChI=1S/C14H21NO2S/c1-9-7-10(2)12(4)14(11(9)3)13-8-15-5-6-18(13,16)17/h7,13,15H,5-6,8H2,1-4H3. The van der Waals surface area contributed by atoms with Gasteiger partial charge in [-0.05, 0) is 55.5 Å². The molecule has 1 aliphatic rings. The predicted octanol–water partition coefficient (Wildman–Crippen LogP) is 1.98. The van der Waals surface area contributed by atoms with Gasteiger partial charge in [0.2, 0.25) is 0 Å². The van der Waals surface area contributed by atoms with Crippen LogP contribution in [0.5, 0.6) is 0 Å². The van der Waals surface area contributed by atoms with Crippen LogP contribution in [0.4, 0.5) is 0 Å². The molecule has 0 saturated carbocycles. The molecule has 0 spiro atoms. The first kappa shape index (κ1) is 13.6. The van der Waals surface area contributed by atoms with Crippen molar-refractivity contribution in [1.29, 1.82) is 0 Å². The molecule has 0 radical (unpaired) electrons. The summed E-state index contributed by atoms with van der Waals surface area (Å²) in [5.74, 6) is 0.240. The molecule has 18 heavy (non-hydrogen) atoms. The van der Waals surface area contributed by atoms with Gasteiger partial charge in [0.15, 0.2) is 9.84 Å². The summed E-state index contributed by atoms with van der Waals surface area (Å²) >= 11 is 0. The normalized spacial score (nSPS) is 23.0. The highest BCUT2D eigenvalue weighted by Gasteiger charge is 2.32. The van der Waals surface area contributed by atoms with Crippen molar-refractivity contribution in [2.45, 2.75) is 32.9 Å². The summed E-state index contributed by atoms with van der Waals surface area (Å²) in [6, 6.07) is 2.14. The van der Waals surface area contributed by atoms with Crippen LogP contribution in [0.25, 0.3) is 0 Å². The first-order valence-electron chi connectivity index (χ1n) is 6.34. The first-order valence-corrected chi connectivity index (χ1v) is 8.05. The van der Waals surface area contributed by atoms with Crippen molar-refractivity contribution in [2.24, 2.45) is 0 Å². The second kappa shape index (κ2) is 4.67. The van der Waals surface area contributed by atoms with Crippen LogP contribution in [-0.4, -0.2) is 27.3 Å². The smallest absolute Gasteiger partial charge is 0.159 e. The van der Waals surface area contributed by atoms with Gasteiger partial charge in [-0.3, -0.25) is 0 Å². The van der Waals surface area contributed by atoms with Gasteiger partial charge in [-0.25, -0.2) is 8.42 Å². The van der Waals surface area contributed by atoms with Gasteiger partial charge in [-0.2, -0.15) is 0 Å². The van der Waals surface area contributed by atoms with E-state index in [0.29, 0.717) is 13.1 Å². The molecule has 1 heterocycles. The lowest BCUT2D eigenvalue weighted by Crippen LogP contribution is -2.39. The fourth-order valence-electron chi connectivity index (χ4n) is 2.73. The summed E-state index contributed by atoms with van der Waals surface area (Å²) in [6.45, 7) is 9.26. The third-order valence-corrected chi connectivity index (χ3v) is 6.12. The van der Waals surface area contributed by atoms with Crippen LogP contribution in [0.15, 0.2) is 6.07 Å². The molecule has 0 aromatic heterocycles. The fourth-order valence-corrected chi connectivity index (χ4v) is 4.53. The fraction of sp³-hybridized carbons (Fsp3) is 0.571. The third-order valence-electron chi connectivity index (χ3n) is 4.07. The van der Waals surface area contributed by atoms with Crippen LogP contribution < -0.4 is 5.32 Å². The van der Waals surface area contributed by atoms with Gasteiger partial charge in [0.1, 0.15) is 0 Å². The average molecular weight is 267 g/mol. The molecule has 1 atom stereocenters. The van der Waals surface area contributed by atoms with E-state index in [0.717, 1.165) is 16.7 Å². The molecule has 0 amide bonds. The third kappa shape index (κ3) is 2.19. The van der Waals surface area contributed by atoms with Crippen molar-refractivity contribution < 1.29 is 8.42 Å². The molecule has 3 nitrogen and oxygen atoms in total. The summed E-state index contributed by atoms with van der Waals surface area (Å²) in [5, 5.41) is 2.82. The highest BCUT2D eigenvalue weighted by Crippen LogP contribution is 2.33. The van der Waals surface area contributed by atoms with Gasteiger partial charge in [0.05, 0.1) is 11.0 Å². The van der Waals surface area contributed by atoms with E-state index < -0.39 is 9.84 Å². The second-order valence-electron chi connectivity index (χ2n) is 5.23. The number of benzene rings is 1. The van der Waals surface area contributed by atoms with E-state index >= 15 is 0 Å². The zero-order valence-electron chi connectivity index (χ0n) is 11.5. The zero-order valence-corrected chi connectivity index (χ0v) is 12.3. The Morgan fingerprint density at radius 2 is 1.67 bits per heavy atom. The average Bonchev–Trinajstić information content (AvgIpc) is 2.29.